The van der Waals surface area contributed by atoms with E-state index in [4.69, 9.17) is 18.6 Å². The van der Waals surface area contributed by atoms with Crippen LogP contribution in [0.2, 0.25) is 0 Å². The largest absolute Gasteiger partial charge is 0.474 e. The summed E-state index contributed by atoms with van der Waals surface area (Å²) in [5, 5.41) is 9.60. The summed E-state index contributed by atoms with van der Waals surface area (Å²) in [6.45, 7) is 7.28. The van der Waals surface area contributed by atoms with Crippen LogP contribution in [0.4, 0.5) is 36.8 Å². The second-order valence-corrected chi connectivity index (χ2v) is 12.0. The predicted molar refractivity (Wildman–Crippen MR) is 149 cm³/mol. The number of hydrogen-bond donors (Lipinski definition) is 1. The van der Waals surface area contributed by atoms with E-state index in [1.807, 2.05) is 0 Å². The van der Waals surface area contributed by atoms with Crippen molar-refractivity contribution >= 4 is 11.8 Å². The molecule has 15 heteroatoms. The Morgan fingerprint density at radius 2 is 1.73 bits per heavy atom. The van der Waals surface area contributed by atoms with Crippen molar-refractivity contribution in [2.24, 2.45) is 5.92 Å². The highest BCUT2D eigenvalue weighted by Crippen LogP contribution is 2.49. The van der Waals surface area contributed by atoms with Crippen molar-refractivity contribution < 1.29 is 49.8 Å². The van der Waals surface area contributed by atoms with Gasteiger partial charge < -0.3 is 18.6 Å². The van der Waals surface area contributed by atoms with Gasteiger partial charge in [0.1, 0.15) is 11.2 Å². The maximum atomic E-state index is 15.1. The summed E-state index contributed by atoms with van der Waals surface area (Å²) in [5.41, 5.74) is -6.15. The fourth-order valence-electron chi connectivity index (χ4n) is 4.85. The monoisotopic (exact) mass is 644 g/mol. The van der Waals surface area contributed by atoms with E-state index < -0.39 is 89.3 Å². The number of carbonyl (C=O) groups excluding carboxylic acids is 1. The van der Waals surface area contributed by atoms with Crippen LogP contribution in [0.15, 0.2) is 40.8 Å². The molecule has 0 saturated carbocycles. The van der Waals surface area contributed by atoms with Gasteiger partial charge in [-0.05, 0) is 64.5 Å². The Labute approximate surface area is 255 Å². The first-order valence-corrected chi connectivity index (χ1v) is 14.3. The zero-order valence-corrected chi connectivity index (χ0v) is 25.3. The van der Waals surface area contributed by atoms with Gasteiger partial charge in [0.25, 0.3) is 11.8 Å². The van der Waals surface area contributed by atoms with Crippen molar-refractivity contribution in [2.75, 3.05) is 5.32 Å². The molecular weight excluding hydrogens is 610 g/mol. The second kappa shape index (κ2) is 12.9. The van der Waals surface area contributed by atoms with Crippen LogP contribution >= 0.6 is 0 Å². The Hall–Kier alpha value is -3.88. The smallest absolute Gasteiger partial charge is 0.426 e. The Morgan fingerprint density at radius 3 is 2.36 bits per heavy atom. The predicted octanol–water partition coefficient (Wildman–Crippen LogP) is 8.45. The summed E-state index contributed by atoms with van der Waals surface area (Å²) in [5.74, 6) is -3.14. The first-order valence-electron chi connectivity index (χ1n) is 14.3. The molecule has 1 N–H and O–H groups in total. The molecule has 1 aliphatic heterocycles. The average molecular weight is 645 g/mol. The number of halogens is 6. The van der Waals surface area contributed by atoms with E-state index in [2.05, 4.69) is 20.5 Å². The minimum absolute atomic E-state index is 0.221. The molecule has 4 bridgehead atoms. The molecule has 1 unspecified atom stereocenters. The van der Waals surface area contributed by atoms with Crippen LogP contribution < -0.4 is 10.1 Å². The van der Waals surface area contributed by atoms with Crippen LogP contribution in [0.1, 0.15) is 77.3 Å². The van der Waals surface area contributed by atoms with E-state index in [0.717, 1.165) is 0 Å². The van der Waals surface area contributed by atoms with Crippen molar-refractivity contribution in [2.45, 2.75) is 96.6 Å². The van der Waals surface area contributed by atoms with Gasteiger partial charge in [0, 0.05) is 0 Å². The number of alkyl halides is 6. The SMILES string of the molecule is CC1CCC[C@@H](C)Oc2nc(c(NC(=O)OC(C)(C)C)cc2C(F)(F)F)-c2nnc(o2)[C@@](OCc2ccccc2)(C(F)(F)F)C1. The third-order valence-corrected chi connectivity index (χ3v) is 6.94. The lowest BCUT2D eigenvalue weighted by Gasteiger charge is -2.34. The Balaban J connectivity index is 1.91. The van der Waals surface area contributed by atoms with Crippen molar-refractivity contribution in [3.05, 3.63) is 53.4 Å². The summed E-state index contributed by atoms with van der Waals surface area (Å²) >= 11 is 0. The first-order chi connectivity index (χ1) is 20.9. The fourth-order valence-corrected chi connectivity index (χ4v) is 4.85. The lowest BCUT2D eigenvalue weighted by molar-refractivity contribution is -0.303. The molecule has 246 valence electrons. The number of hydrogen-bond acceptors (Lipinski definition) is 8. The number of rotatable bonds is 4. The van der Waals surface area contributed by atoms with E-state index in [-0.39, 0.29) is 12.8 Å². The summed E-state index contributed by atoms with van der Waals surface area (Å²) < 4.78 is 110. The minimum atomic E-state index is -5.05. The number of nitrogens with one attached hydrogen (secondary N) is 1. The number of ether oxygens (including phenoxy) is 3. The highest BCUT2D eigenvalue weighted by atomic mass is 19.4. The van der Waals surface area contributed by atoms with Gasteiger partial charge in [-0.15, -0.1) is 10.2 Å². The molecule has 3 atom stereocenters. The summed E-state index contributed by atoms with van der Waals surface area (Å²) in [6.07, 6.45) is -11.8. The zero-order valence-electron chi connectivity index (χ0n) is 25.3. The molecule has 3 aromatic rings. The topological polar surface area (TPSA) is 109 Å². The lowest BCUT2D eigenvalue weighted by Crippen LogP contribution is -2.46. The number of pyridine rings is 1. The van der Waals surface area contributed by atoms with Crippen molar-refractivity contribution in [1.29, 1.82) is 0 Å². The van der Waals surface area contributed by atoms with Gasteiger partial charge >= 0.3 is 18.4 Å². The van der Waals surface area contributed by atoms with Gasteiger partial charge in [-0.1, -0.05) is 43.7 Å². The van der Waals surface area contributed by atoms with Crippen LogP contribution in [0, 0.1) is 5.92 Å². The van der Waals surface area contributed by atoms with E-state index >= 15 is 13.2 Å². The normalized spacial score (nSPS) is 21.4. The van der Waals surface area contributed by atoms with E-state index in [0.29, 0.717) is 18.1 Å². The molecule has 4 rings (SSSR count). The summed E-state index contributed by atoms with van der Waals surface area (Å²) in [7, 11) is 0. The number of aromatic nitrogens is 3. The van der Waals surface area contributed by atoms with Gasteiger partial charge in [-0.2, -0.15) is 26.3 Å². The standard InChI is InChI=1S/C30H34F6N4O5/c1-17-10-9-11-18(2)43-23-20(29(31,32)33)14-21(37-26(41)45-27(3,4)5)22(38-23)24-39-40-25(44-24)28(15-17,30(34,35)36)42-16-19-12-7-6-8-13-19/h6-8,12-14,17-18H,9-11,15-16H2,1-5H3,(H,37,41)/t17?,18-,28-/m1/s1. The average Bonchev–Trinajstić information content (AvgIpc) is 3.40. The van der Waals surface area contributed by atoms with E-state index in [9.17, 15) is 18.0 Å². The minimum Gasteiger partial charge on any atom is -0.474 e. The van der Waals surface area contributed by atoms with Gasteiger partial charge in [0.05, 0.1) is 18.4 Å². The van der Waals surface area contributed by atoms with Gasteiger partial charge in [-0.25, -0.2) is 9.78 Å². The lowest BCUT2D eigenvalue weighted by atomic mass is 9.87. The van der Waals surface area contributed by atoms with Gasteiger partial charge in [0.2, 0.25) is 11.5 Å². The number of anilines is 1. The highest BCUT2D eigenvalue weighted by Gasteiger charge is 2.62. The molecule has 0 fully saturated rings. The van der Waals surface area contributed by atoms with Crippen LogP contribution in [0.3, 0.4) is 0 Å². The molecule has 1 aromatic carbocycles. The molecule has 0 aliphatic carbocycles. The third kappa shape index (κ3) is 8.24. The maximum Gasteiger partial charge on any atom is 0.426 e. The highest BCUT2D eigenvalue weighted by molar-refractivity contribution is 5.89. The van der Waals surface area contributed by atoms with Crippen LogP contribution in [-0.4, -0.2) is 39.2 Å². The summed E-state index contributed by atoms with van der Waals surface area (Å²) in [6, 6.07) is 8.73. The van der Waals surface area contributed by atoms with E-state index in [1.54, 1.807) is 37.3 Å². The quantitative estimate of drug-likeness (QED) is 0.282. The molecule has 0 spiro atoms. The molecule has 1 aliphatic rings. The molecule has 0 radical (unpaired) electrons. The Morgan fingerprint density at radius 1 is 1.04 bits per heavy atom. The van der Waals surface area contributed by atoms with Gasteiger partial charge in [0.15, 0.2) is 5.69 Å². The zero-order chi connectivity index (χ0) is 33.2. The third-order valence-electron chi connectivity index (χ3n) is 6.94. The molecule has 2 aromatic heterocycles. The maximum absolute atomic E-state index is 15.1. The number of nitrogens with zero attached hydrogens (tertiary/aromatic N) is 3. The molecule has 3 heterocycles. The van der Waals surface area contributed by atoms with Crippen molar-refractivity contribution in [3.8, 4) is 17.5 Å². The number of fused-ring (bicyclic) bond motifs is 5. The van der Waals surface area contributed by atoms with Crippen LogP contribution in [-0.2, 0) is 27.9 Å². The van der Waals surface area contributed by atoms with Crippen LogP contribution in [0.25, 0.3) is 11.6 Å². The van der Waals surface area contributed by atoms with E-state index in [1.165, 1.54) is 27.7 Å². The molecule has 9 nitrogen and oxygen atoms in total. The van der Waals surface area contributed by atoms with Gasteiger partial charge in [-0.3, -0.25) is 5.32 Å². The van der Waals surface area contributed by atoms with Crippen molar-refractivity contribution in [1.82, 2.24) is 15.2 Å². The number of amides is 1. The molecule has 0 saturated heterocycles. The number of benzene rings is 1. The Bertz CT molecular complexity index is 1470. The molecule has 1 amide bonds. The number of carbonyl (C=O) groups is 1. The second-order valence-electron chi connectivity index (χ2n) is 12.0. The first kappa shape index (κ1) is 34.0. The molecule has 45 heavy (non-hydrogen) atoms. The fraction of sp³-hybridized carbons (Fsp3) is 0.533. The van der Waals surface area contributed by atoms with Crippen LogP contribution in [0.5, 0.6) is 5.88 Å². The Kier molecular flexibility index (Phi) is 9.71. The van der Waals surface area contributed by atoms with Crippen molar-refractivity contribution in [3.63, 3.8) is 0 Å². The molecular formula is C30H34F6N4O5. The summed E-state index contributed by atoms with van der Waals surface area (Å²) in [4.78, 5) is 16.6.